The van der Waals surface area contributed by atoms with E-state index in [0.717, 1.165) is 30.8 Å². The Hall–Kier alpha value is -0.910. The Kier molecular flexibility index (Phi) is 2.91. The molecule has 1 saturated carbocycles. The van der Waals surface area contributed by atoms with E-state index in [0.29, 0.717) is 11.3 Å². The van der Waals surface area contributed by atoms with Gasteiger partial charge in [-0.15, -0.1) is 0 Å². The first-order chi connectivity index (χ1) is 9.71. The van der Waals surface area contributed by atoms with Crippen LogP contribution in [0.15, 0.2) is 6.20 Å². The van der Waals surface area contributed by atoms with E-state index in [2.05, 4.69) is 14.9 Å². The number of anilines is 1. The third-order valence-corrected chi connectivity index (χ3v) is 5.41. The SMILES string of the molecule is OC1[NH2+]CCC12Cc1cnc(Cl)nc1N2C1CCCC1. The van der Waals surface area contributed by atoms with Crippen LogP contribution < -0.4 is 10.2 Å². The summed E-state index contributed by atoms with van der Waals surface area (Å²) in [4.78, 5) is 11.0. The monoisotopic (exact) mass is 295 g/mol. The second kappa shape index (κ2) is 4.55. The maximum absolute atomic E-state index is 10.6. The summed E-state index contributed by atoms with van der Waals surface area (Å²) in [7, 11) is 0. The smallest absolute Gasteiger partial charge is 0.224 e. The highest BCUT2D eigenvalue weighted by atomic mass is 35.5. The summed E-state index contributed by atoms with van der Waals surface area (Å²) in [5, 5.41) is 12.9. The number of nitrogens with two attached hydrogens (primary N) is 1. The van der Waals surface area contributed by atoms with Gasteiger partial charge in [0, 0.05) is 30.6 Å². The molecule has 108 valence electrons. The molecule has 3 aliphatic rings. The van der Waals surface area contributed by atoms with E-state index < -0.39 is 0 Å². The molecular formula is C14H20ClN4O+. The fraction of sp³-hybridized carbons (Fsp3) is 0.714. The molecular weight excluding hydrogens is 276 g/mol. The number of aliphatic hydroxyl groups is 1. The number of fused-ring (bicyclic) bond motifs is 1. The van der Waals surface area contributed by atoms with Crippen molar-refractivity contribution >= 4 is 17.4 Å². The van der Waals surface area contributed by atoms with Gasteiger partial charge in [-0.2, -0.15) is 0 Å². The average molecular weight is 296 g/mol. The fourth-order valence-electron chi connectivity index (χ4n) is 4.35. The van der Waals surface area contributed by atoms with Crippen LogP contribution in [0.2, 0.25) is 5.28 Å². The Morgan fingerprint density at radius 3 is 2.90 bits per heavy atom. The van der Waals surface area contributed by atoms with Crippen molar-refractivity contribution in [1.82, 2.24) is 9.97 Å². The molecule has 1 saturated heterocycles. The van der Waals surface area contributed by atoms with Crippen LogP contribution in [0.1, 0.15) is 37.7 Å². The lowest BCUT2D eigenvalue weighted by atomic mass is 9.90. The molecule has 1 aliphatic carbocycles. The molecule has 2 aliphatic heterocycles. The van der Waals surface area contributed by atoms with Gasteiger partial charge in [0.25, 0.3) is 0 Å². The summed E-state index contributed by atoms with van der Waals surface area (Å²) in [6.07, 6.45) is 8.22. The predicted molar refractivity (Wildman–Crippen MR) is 75.6 cm³/mol. The zero-order valence-electron chi connectivity index (χ0n) is 11.4. The lowest BCUT2D eigenvalue weighted by molar-refractivity contribution is -0.708. The van der Waals surface area contributed by atoms with Gasteiger partial charge in [-0.3, -0.25) is 0 Å². The molecule has 1 aromatic heterocycles. The van der Waals surface area contributed by atoms with Crippen LogP contribution in [-0.4, -0.2) is 39.4 Å². The zero-order chi connectivity index (χ0) is 13.7. The van der Waals surface area contributed by atoms with Crippen molar-refractivity contribution < 1.29 is 10.4 Å². The van der Waals surface area contributed by atoms with Gasteiger partial charge in [0.05, 0.1) is 6.54 Å². The summed E-state index contributed by atoms with van der Waals surface area (Å²) in [6, 6.07) is 0.489. The van der Waals surface area contributed by atoms with Crippen molar-refractivity contribution in [3.63, 3.8) is 0 Å². The van der Waals surface area contributed by atoms with E-state index in [1.807, 2.05) is 11.5 Å². The average Bonchev–Trinajstić information content (AvgIpc) is 3.11. The maximum Gasteiger partial charge on any atom is 0.224 e. The Bertz CT molecular complexity index is 534. The molecule has 2 unspecified atom stereocenters. The van der Waals surface area contributed by atoms with Gasteiger partial charge in [0.1, 0.15) is 11.4 Å². The van der Waals surface area contributed by atoms with Gasteiger partial charge in [0.15, 0.2) is 0 Å². The van der Waals surface area contributed by atoms with E-state index in [4.69, 9.17) is 11.6 Å². The van der Waals surface area contributed by atoms with E-state index >= 15 is 0 Å². The molecule has 0 aromatic carbocycles. The van der Waals surface area contributed by atoms with Gasteiger partial charge in [-0.25, -0.2) is 9.97 Å². The first-order valence-corrected chi connectivity index (χ1v) is 7.91. The Morgan fingerprint density at radius 2 is 2.20 bits per heavy atom. The van der Waals surface area contributed by atoms with Crippen LogP contribution in [0.25, 0.3) is 0 Å². The number of quaternary nitrogens is 1. The summed E-state index contributed by atoms with van der Waals surface area (Å²) in [5.74, 6) is 0.964. The molecule has 3 heterocycles. The highest BCUT2D eigenvalue weighted by Crippen LogP contribution is 2.45. The van der Waals surface area contributed by atoms with Gasteiger partial charge in [-0.05, 0) is 24.4 Å². The van der Waals surface area contributed by atoms with Crippen molar-refractivity contribution in [2.45, 2.75) is 56.3 Å². The molecule has 5 nitrogen and oxygen atoms in total. The Morgan fingerprint density at radius 1 is 1.40 bits per heavy atom. The fourth-order valence-corrected chi connectivity index (χ4v) is 4.48. The lowest BCUT2D eigenvalue weighted by Gasteiger charge is -2.40. The Balaban J connectivity index is 1.82. The summed E-state index contributed by atoms with van der Waals surface area (Å²) in [6.45, 7) is 0.972. The molecule has 4 rings (SSSR count). The van der Waals surface area contributed by atoms with Crippen LogP contribution in [0.4, 0.5) is 5.82 Å². The minimum atomic E-state index is -0.379. The van der Waals surface area contributed by atoms with E-state index in [-0.39, 0.29) is 11.8 Å². The van der Waals surface area contributed by atoms with Crippen LogP contribution in [0.5, 0.6) is 0 Å². The van der Waals surface area contributed by atoms with Crippen molar-refractivity contribution in [3.05, 3.63) is 17.0 Å². The number of nitrogens with zero attached hydrogens (tertiary/aromatic N) is 3. The minimum Gasteiger partial charge on any atom is -0.343 e. The molecule has 1 spiro atoms. The summed E-state index contributed by atoms with van der Waals surface area (Å²) < 4.78 is 0. The Labute approximate surface area is 123 Å². The van der Waals surface area contributed by atoms with Crippen LogP contribution in [-0.2, 0) is 6.42 Å². The highest BCUT2D eigenvalue weighted by Gasteiger charge is 2.57. The molecule has 1 aromatic rings. The van der Waals surface area contributed by atoms with Crippen molar-refractivity contribution in [1.29, 1.82) is 0 Å². The van der Waals surface area contributed by atoms with Crippen molar-refractivity contribution in [2.75, 3.05) is 11.4 Å². The largest absolute Gasteiger partial charge is 0.343 e. The van der Waals surface area contributed by atoms with E-state index in [1.165, 1.54) is 25.7 Å². The van der Waals surface area contributed by atoms with Gasteiger partial charge in [0.2, 0.25) is 11.5 Å². The van der Waals surface area contributed by atoms with Crippen LogP contribution in [0, 0.1) is 0 Å². The third kappa shape index (κ3) is 1.70. The van der Waals surface area contributed by atoms with Crippen LogP contribution in [0.3, 0.4) is 0 Å². The topological polar surface area (TPSA) is 65.9 Å². The molecule has 0 amide bonds. The van der Waals surface area contributed by atoms with Crippen molar-refractivity contribution in [3.8, 4) is 0 Å². The second-order valence-corrected chi connectivity index (χ2v) is 6.63. The van der Waals surface area contributed by atoms with Crippen molar-refractivity contribution in [2.24, 2.45) is 0 Å². The normalized spacial score (nSPS) is 33.3. The quantitative estimate of drug-likeness (QED) is 0.739. The number of halogens is 1. The van der Waals surface area contributed by atoms with Gasteiger partial charge < -0.3 is 15.3 Å². The zero-order valence-corrected chi connectivity index (χ0v) is 12.2. The second-order valence-electron chi connectivity index (χ2n) is 6.30. The molecule has 2 fully saturated rings. The number of aliphatic hydroxyl groups excluding tert-OH is 1. The number of rotatable bonds is 1. The first-order valence-electron chi connectivity index (χ1n) is 7.53. The molecule has 3 N–H and O–H groups in total. The van der Waals surface area contributed by atoms with E-state index in [1.54, 1.807) is 0 Å². The van der Waals surface area contributed by atoms with Crippen LogP contribution >= 0.6 is 11.6 Å². The summed E-state index contributed by atoms with van der Waals surface area (Å²) >= 11 is 6.01. The molecule has 2 atom stereocenters. The molecule has 20 heavy (non-hydrogen) atoms. The summed E-state index contributed by atoms with van der Waals surface area (Å²) in [5.41, 5.74) is 0.937. The molecule has 0 radical (unpaired) electrons. The first kappa shape index (κ1) is 12.8. The maximum atomic E-state index is 10.6. The predicted octanol–water partition coefficient (Wildman–Crippen LogP) is 0.459. The minimum absolute atomic E-state index is 0.198. The number of hydrogen-bond donors (Lipinski definition) is 2. The molecule has 0 bridgehead atoms. The van der Waals surface area contributed by atoms with E-state index in [9.17, 15) is 5.11 Å². The third-order valence-electron chi connectivity index (χ3n) is 5.22. The number of hydrogen-bond acceptors (Lipinski definition) is 4. The van der Waals surface area contributed by atoms with Gasteiger partial charge in [-0.1, -0.05) is 12.8 Å². The molecule has 6 heteroatoms. The lowest BCUT2D eigenvalue weighted by Crippen LogP contribution is -2.90. The van der Waals surface area contributed by atoms with Gasteiger partial charge >= 0.3 is 0 Å². The standard InChI is InChI=1S/C14H19ClN4O/c15-13-17-8-9-7-14(5-6-16-12(14)20)19(11(9)18-13)10-3-1-2-4-10/h8,10,12,16,20H,1-7H2/p+1. The highest BCUT2D eigenvalue weighted by molar-refractivity contribution is 6.28. The number of aromatic nitrogens is 2.